The van der Waals surface area contributed by atoms with Crippen LogP contribution in [0.4, 0.5) is 4.39 Å². The van der Waals surface area contributed by atoms with Crippen LogP contribution in [0.1, 0.15) is 49.3 Å². The van der Waals surface area contributed by atoms with E-state index < -0.39 is 0 Å². The summed E-state index contributed by atoms with van der Waals surface area (Å²) in [7, 11) is 0. The molecule has 2 rings (SSSR count). The molecule has 1 aliphatic carbocycles. The predicted molar refractivity (Wildman–Crippen MR) is 64.6 cm³/mol. The van der Waals surface area contributed by atoms with Gasteiger partial charge in [0.05, 0.1) is 0 Å². The molecule has 1 aromatic carbocycles. The fourth-order valence-corrected chi connectivity index (χ4v) is 2.76. The topological polar surface area (TPSA) is 26.0 Å². The normalized spacial score (nSPS) is 19.7. The first-order chi connectivity index (χ1) is 7.68. The van der Waals surface area contributed by atoms with Crippen molar-refractivity contribution in [1.82, 2.24) is 0 Å². The third-order valence-corrected chi connectivity index (χ3v) is 3.75. The van der Waals surface area contributed by atoms with Crippen molar-refractivity contribution in [3.63, 3.8) is 0 Å². The molecular formula is C14H20FN. The van der Waals surface area contributed by atoms with Crippen LogP contribution >= 0.6 is 0 Å². The molecule has 0 heterocycles. The van der Waals surface area contributed by atoms with E-state index in [-0.39, 0.29) is 11.9 Å². The van der Waals surface area contributed by atoms with Crippen LogP contribution < -0.4 is 5.73 Å². The summed E-state index contributed by atoms with van der Waals surface area (Å²) in [6.45, 7) is 1.95. The molecule has 1 saturated carbocycles. The minimum absolute atomic E-state index is 0.0842. The molecule has 1 nitrogen and oxygen atoms in total. The van der Waals surface area contributed by atoms with E-state index in [1.807, 2.05) is 13.0 Å². The minimum Gasteiger partial charge on any atom is -0.324 e. The molecule has 0 saturated heterocycles. The Morgan fingerprint density at radius 3 is 2.56 bits per heavy atom. The van der Waals surface area contributed by atoms with Gasteiger partial charge in [0.25, 0.3) is 0 Å². The second-order valence-corrected chi connectivity index (χ2v) is 4.92. The van der Waals surface area contributed by atoms with Crippen molar-refractivity contribution in [2.75, 3.05) is 0 Å². The van der Waals surface area contributed by atoms with E-state index in [9.17, 15) is 4.39 Å². The van der Waals surface area contributed by atoms with Crippen LogP contribution in [-0.4, -0.2) is 0 Å². The largest absolute Gasteiger partial charge is 0.324 e. The van der Waals surface area contributed by atoms with E-state index in [1.165, 1.54) is 38.2 Å². The molecular weight excluding hydrogens is 201 g/mol. The Labute approximate surface area is 96.9 Å². The second-order valence-electron chi connectivity index (χ2n) is 4.92. The quantitative estimate of drug-likeness (QED) is 0.809. The number of aryl methyl sites for hydroxylation is 1. The molecule has 0 unspecified atom stereocenters. The molecule has 16 heavy (non-hydrogen) atoms. The molecule has 2 N–H and O–H groups in total. The van der Waals surface area contributed by atoms with Gasteiger partial charge < -0.3 is 5.73 Å². The summed E-state index contributed by atoms with van der Waals surface area (Å²) in [6, 6.07) is 5.04. The maximum absolute atomic E-state index is 13.0. The highest BCUT2D eigenvalue weighted by Crippen LogP contribution is 2.34. The lowest BCUT2D eigenvalue weighted by Crippen LogP contribution is -2.24. The Bertz CT molecular complexity index is 356. The summed E-state index contributed by atoms with van der Waals surface area (Å²) in [6.07, 6.45) is 6.36. The molecule has 1 aliphatic rings. The Balaban J connectivity index is 2.15. The zero-order valence-electron chi connectivity index (χ0n) is 9.88. The van der Waals surface area contributed by atoms with Gasteiger partial charge in [-0.2, -0.15) is 0 Å². The Hall–Kier alpha value is -0.890. The SMILES string of the molecule is Cc1cc(F)ccc1[C@@H](N)C1CCCCC1. The highest BCUT2D eigenvalue weighted by Gasteiger charge is 2.22. The Morgan fingerprint density at radius 2 is 1.94 bits per heavy atom. The van der Waals surface area contributed by atoms with Crippen LogP contribution in [-0.2, 0) is 0 Å². The fraction of sp³-hybridized carbons (Fsp3) is 0.571. The molecule has 1 atom stereocenters. The van der Waals surface area contributed by atoms with E-state index in [2.05, 4.69) is 0 Å². The van der Waals surface area contributed by atoms with E-state index in [0.29, 0.717) is 5.92 Å². The van der Waals surface area contributed by atoms with Gasteiger partial charge in [-0.15, -0.1) is 0 Å². The van der Waals surface area contributed by atoms with Crippen LogP contribution in [0.25, 0.3) is 0 Å². The summed E-state index contributed by atoms with van der Waals surface area (Å²) in [5, 5.41) is 0. The summed E-state index contributed by atoms with van der Waals surface area (Å²) < 4.78 is 13.0. The number of halogens is 1. The lowest BCUT2D eigenvalue weighted by molar-refractivity contribution is 0.307. The maximum Gasteiger partial charge on any atom is 0.123 e. The standard InChI is InChI=1S/C14H20FN/c1-10-9-12(15)7-8-13(10)14(16)11-5-3-2-4-6-11/h7-9,11,14H,2-6,16H2,1H3/t14-/m0/s1. The predicted octanol–water partition coefficient (Wildman–Crippen LogP) is 3.71. The van der Waals surface area contributed by atoms with Crippen LogP contribution in [0, 0.1) is 18.7 Å². The van der Waals surface area contributed by atoms with E-state index in [0.717, 1.165) is 11.1 Å². The average Bonchev–Trinajstić information content (AvgIpc) is 2.29. The van der Waals surface area contributed by atoms with Gasteiger partial charge in [-0.25, -0.2) is 4.39 Å². The molecule has 0 amide bonds. The molecule has 1 fully saturated rings. The number of hydrogen-bond donors (Lipinski definition) is 1. The van der Waals surface area contributed by atoms with Crippen LogP contribution in [0.3, 0.4) is 0 Å². The van der Waals surface area contributed by atoms with Gasteiger partial charge in [0.2, 0.25) is 0 Å². The van der Waals surface area contributed by atoms with Gasteiger partial charge >= 0.3 is 0 Å². The monoisotopic (exact) mass is 221 g/mol. The van der Waals surface area contributed by atoms with Gasteiger partial charge in [-0.1, -0.05) is 25.3 Å². The Morgan fingerprint density at radius 1 is 1.25 bits per heavy atom. The van der Waals surface area contributed by atoms with Crippen LogP contribution in [0.2, 0.25) is 0 Å². The van der Waals surface area contributed by atoms with Gasteiger partial charge in [0, 0.05) is 6.04 Å². The number of hydrogen-bond acceptors (Lipinski definition) is 1. The van der Waals surface area contributed by atoms with Crippen molar-refractivity contribution in [2.45, 2.75) is 45.1 Å². The van der Waals surface area contributed by atoms with E-state index >= 15 is 0 Å². The molecule has 2 heteroatoms. The lowest BCUT2D eigenvalue weighted by atomic mass is 9.80. The fourth-order valence-electron chi connectivity index (χ4n) is 2.76. The van der Waals surface area contributed by atoms with Crippen molar-refractivity contribution in [3.8, 4) is 0 Å². The van der Waals surface area contributed by atoms with Crippen molar-refractivity contribution in [2.24, 2.45) is 11.7 Å². The number of nitrogens with two attached hydrogens (primary N) is 1. The van der Waals surface area contributed by atoms with Crippen molar-refractivity contribution in [1.29, 1.82) is 0 Å². The van der Waals surface area contributed by atoms with Gasteiger partial charge in [-0.05, 0) is 48.9 Å². The zero-order valence-corrected chi connectivity index (χ0v) is 9.88. The van der Waals surface area contributed by atoms with E-state index in [4.69, 9.17) is 5.73 Å². The smallest absolute Gasteiger partial charge is 0.123 e. The molecule has 0 radical (unpaired) electrons. The molecule has 1 aromatic rings. The number of rotatable bonds is 2. The summed E-state index contributed by atoms with van der Waals surface area (Å²) in [5.74, 6) is 0.412. The molecule has 0 bridgehead atoms. The second kappa shape index (κ2) is 4.96. The van der Waals surface area contributed by atoms with Crippen molar-refractivity contribution < 1.29 is 4.39 Å². The Kier molecular flexibility index (Phi) is 3.59. The third-order valence-electron chi connectivity index (χ3n) is 3.75. The third kappa shape index (κ3) is 2.43. The lowest BCUT2D eigenvalue weighted by Gasteiger charge is -2.28. The zero-order chi connectivity index (χ0) is 11.5. The summed E-state index contributed by atoms with van der Waals surface area (Å²) >= 11 is 0. The first kappa shape index (κ1) is 11.6. The highest BCUT2D eigenvalue weighted by molar-refractivity contribution is 5.29. The first-order valence-corrected chi connectivity index (χ1v) is 6.20. The molecule has 88 valence electrons. The molecule has 0 aromatic heterocycles. The van der Waals surface area contributed by atoms with Crippen molar-refractivity contribution >= 4 is 0 Å². The maximum atomic E-state index is 13.0. The van der Waals surface area contributed by atoms with Crippen molar-refractivity contribution in [3.05, 3.63) is 35.1 Å². The first-order valence-electron chi connectivity index (χ1n) is 6.20. The summed E-state index contributed by atoms with van der Waals surface area (Å²) in [4.78, 5) is 0. The highest BCUT2D eigenvalue weighted by atomic mass is 19.1. The van der Waals surface area contributed by atoms with E-state index in [1.54, 1.807) is 6.07 Å². The summed E-state index contributed by atoms with van der Waals surface area (Å²) in [5.41, 5.74) is 8.40. The van der Waals surface area contributed by atoms with Gasteiger partial charge in [-0.3, -0.25) is 0 Å². The van der Waals surface area contributed by atoms with Gasteiger partial charge in [0.1, 0.15) is 5.82 Å². The molecule has 0 aliphatic heterocycles. The van der Waals surface area contributed by atoms with Gasteiger partial charge in [0.15, 0.2) is 0 Å². The minimum atomic E-state index is -0.169. The average molecular weight is 221 g/mol. The van der Waals surface area contributed by atoms with Crippen LogP contribution in [0.5, 0.6) is 0 Å². The van der Waals surface area contributed by atoms with Crippen LogP contribution in [0.15, 0.2) is 18.2 Å². The molecule has 0 spiro atoms. The number of benzene rings is 1.